The van der Waals surface area contributed by atoms with E-state index in [1.54, 1.807) is 0 Å². The SMILES string of the molecule is Cc1cc2c(o1)CC(C)(C)CC2NC(=O)C(C)Br. The number of hydrogen-bond donors (Lipinski definition) is 1. The normalized spacial score (nSPS) is 23.3. The Bertz CT molecular complexity index is 462. The molecule has 1 amide bonds. The molecular weight excluding hydrogens is 294 g/mol. The fourth-order valence-corrected chi connectivity index (χ4v) is 2.73. The van der Waals surface area contributed by atoms with Gasteiger partial charge < -0.3 is 9.73 Å². The first-order valence-electron chi connectivity index (χ1n) is 6.32. The summed E-state index contributed by atoms with van der Waals surface area (Å²) < 4.78 is 5.75. The molecule has 2 unspecified atom stereocenters. The zero-order valence-corrected chi connectivity index (χ0v) is 12.9. The molecule has 1 aromatic heterocycles. The molecule has 0 aliphatic heterocycles. The van der Waals surface area contributed by atoms with Crippen LogP contribution in [0, 0.1) is 12.3 Å². The van der Waals surface area contributed by atoms with Crippen molar-refractivity contribution in [1.82, 2.24) is 5.32 Å². The number of furan rings is 1. The molecule has 1 aliphatic rings. The minimum atomic E-state index is -0.168. The van der Waals surface area contributed by atoms with E-state index in [9.17, 15) is 4.79 Å². The maximum atomic E-state index is 11.9. The second-order valence-electron chi connectivity index (χ2n) is 5.96. The number of carbonyl (C=O) groups is 1. The van der Waals surface area contributed by atoms with Crippen molar-refractivity contribution in [3.8, 4) is 0 Å². The lowest BCUT2D eigenvalue weighted by atomic mass is 9.74. The summed E-state index contributed by atoms with van der Waals surface area (Å²) in [5.41, 5.74) is 1.30. The predicted molar refractivity (Wildman–Crippen MR) is 74.8 cm³/mol. The Morgan fingerprint density at radius 2 is 2.28 bits per heavy atom. The van der Waals surface area contributed by atoms with Crippen molar-refractivity contribution in [2.45, 2.75) is 51.4 Å². The van der Waals surface area contributed by atoms with Crippen molar-refractivity contribution >= 4 is 21.8 Å². The molecule has 18 heavy (non-hydrogen) atoms. The van der Waals surface area contributed by atoms with Crippen molar-refractivity contribution in [2.75, 3.05) is 0 Å². The number of rotatable bonds is 2. The number of alkyl halides is 1. The van der Waals surface area contributed by atoms with Crippen LogP contribution in [0.4, 0.5) is 0 Å². The Kier molecular flexibility index (Phi) is 3.58. The Hall–Kier alpha value is -0.770. The van der Waals surface area contributed by atoms with Gasteiger partial charge in [-0.25, -0.2) is 0 Å². The second-order valence-corrected chi connectivity index (χ2v) is 7.33. The molecule has 100 valence electrons. The van der Waals surface area contributed by atoms with Gasteiger partial charge in [-0.05, 0) is 31.7 Å². The molecule has 3 nitrogen and oxygen atoms in total. The average Bonchev–Trinajstić information content (AvgIpc) is 2.56. The number of aryl methyl sites for hydroxylation is 1. The first-order valence-corrected chi connectivity index (χ1v) is 7.24. The van der Waals surface area contributed by atoms with Crippen LogP contribution in [0.1, 0.15) is 50.3 Å². The summed E-state index contributed by atoms with van der Waals surface area (Å²) >= 11 is 3.30. The zero-order valence-electron chi connectivity index (χ0n) is 11.3. The second kappa shape index (κ2) is 4.72. The number of hydrogen-bond acceptors (Lipinski definition) is 2. The van der Waals surface area contributed by atoms with Crippen LogP contribution in [0.15, 0.2) is 10.5 Å². The van der Waals surface area contributed by atoms with Crippen LogP contribution < -0.4 is 5.32 Å². The molecule has 0 saturated carbocycles. The van der Waals surface area contributed by atoms with Gasteiger partial charge in [0.1, 0.15) is 11.5 Å². The average molecular weight is 314 g/mol. The highest BCUT2D eigenvalue weighted by atomic mass is 79.9. The molecule has 0 fully saturated rings. The van der Waals surface area contributed by atoms with Gasteiger partial charge >= 0.3 is 0 Å². The number of halogens is 1. The van der Waals surface area contributed by atoms with Crippen molar-refractivity contribution in [3.05, 3.63) is 23.2 Å². The Labute approximate surface area is 116 Å². The number of amides is 1. The van der Waals surface area contributed by atoms with Gasteiger partial charge in [0.05, 0.1) is 10.9 Å². The lowest BCUT2D eigenvalue weighted by Gasteiger charge is -2.34. The molecule has 1 aromatic rings. The van der Waals surface area contributed by atoms with E-state index in [4.69, 9.17) is 4.42 Å². The molecule has 0 radical (unpaired) electrons. The van der Waals surface area contributed by atoms with Crippen LogP contribution in [0.3, 0.4) is 0 Å². The van der Waals surface area contributed by atoms with E-state index in [-0.39, 0.29) is 22.2 Å². The summed E-state index contributed by atoms with van der Waals surface area (Å²) in [6.45, 7) is 8.22. The predicted octanol–water partition coefficient (Wildman–Crippen LogP) is 3.50. The van der Waals surface area contributed by atoms with E-state index in [2.05, 4.69) is 41.2 Å². The van der Waals surface area contributed by atoms with E-state index in [0.717, 1.165) is 29.9 Å². The summed E-state index contributed by atoms with van der Waals surface area (Å²) in [6, 6.07) is 2.11. The molecule has 1 aliphatic carbocycles. The fraction of sp³-hybridized carbons (Fsp3) is 0.643. The third kappa shape index (κ3) is 2.79. The molecule has 0 spiro atoms. The van der Waals surface area contributed by atoms with Gasteiger partial charge in [-0.15, -0.1) is 0 Å². The quantitative estimate of drug-likeness (QED) is 0.849. The summed E-state index contributed by atoms with van der Waals surface area (Å²) in [4.78, 5) is 11.7. The smallest absolute Gasteiger partial charge is 0.233 e. The first-order chi connectivity index (χ1) is 8.28. The van der Waals surface area contributed by atoms with Crippen molar-refractivity contribution < 1.29 is 9.21 Å². The molecule has 2 rings (SSSR count). The van der Waals surface area contributed by atoms with Crippen molar-refractivity contribution in [2.24, 2.45) is 5.41 Å². The van der Waals surface area contributed by atoms with Crippen LogP contribution in [0.25, 0.3) is 0 Å². The largest absolute Gasteiger partial charge is 0.466 e. The van der Waals surface area contributed by atoms with Gasteiger partial charge in [-0.2, -0.15) is 0 Å². The molecule has 2 atom stereocenters. The van der Waals surface area contributed by atoms with Crippen molar-refractivity contribution in [3.63, 3.8) is 0 Å². The Balaban J connectivity index is 2.27. The lowest BCUT2D eigenvalue weighted by Crippen LogP contribution is -2.38. The van der Waals surface area contributed by atoms with Crippen LogP contribution in [0.5, 0.6) is 0 Å². The third-order valence-electron chi connectivity index (χ3n) is 3.41. The van der Waals surface area contributed by atoms with E-state index >= 15 is 0 Å². The van der Waals surface area contributed by atoms with Crippen LogP contribution in [-0.4, -0.2) is 10.7 Å². The summed E-state index contributed by atoms with van der Waals surface area (Å²) in [5, 5.41) is 3.10. The van der Waals surface area contributed by atoms with Crippen LogP contribution in [0.2, 0.25) is 0 Å². The van der Waals surface area contributed by atoms with Gasteiger partial charge in [0.2, 0.25) is 5.91 Å². The van der Waals surface area contributed by atoms with Gasteiger partial charge in [-0.1, -0.05) is 29.8 Å². The lowest BCUT2D eigenvalue weighted by molar-refractivity contribution is -0.121. The Morgan fingerprint density at radius 1 is 1.61 bits per heavy atom. The van der Waals surface area contributed by atoms with E-state index in [0.29, 0.717) is 0 Å². The molecule has 0 saturated heterocycles. The maximum absolute atomic E-state index is 11.9. The molecule has 1 heterocycles. The number of fused-ring (bicyclic) bond motifs is 1. The highest BCUT2D eigenvalue weighted by Gasteiger charge is 2.35. The summed E-state index contributed by atoms with van der Waals surface area (Å²) in [7, 11) is 0. The number of carbonyl (C=O) groups excluding carboxylic acids is 1. The highest BCUT2D eigenvalue weighted by Crippen LogP contribution is 2.42. The van der Waals surface area contributed by atoms with Gasteiger partial charge in [0, 0.05) is 12.0 Å². The van der Waals surface area contributed by atoms with Crippen LogP contribution >= 0.6 is 15.9 Å². The minimum Gasteiger partial charge on any atom is -0.466 e. The van der Waals surface area contributed by atoms with Gasteiger partial charge in [-0.3, -0.25) is 4.79 Å². The minimum absolute atomic E-state index is 0.0301. The van der Waals surface area contributed by atoms with Gasteiger partial charge in [0.15, 0.2) is 0 Å². The monoisotopic (exact) mass is 313 g/mol. The summed E-state index contributed by atoms with van der Waals surface area (Å²) in [5.74, 6) is 1.97. The molecule has 0 aromatic carbocycles. The first kappa shape index (κ1) is 13.7. The fourth-order valence-electron chi connectivity index (χ4n) is 2.60. The Morgan fingerprint density at radius 3 is 2.89 bits per heavy atom. The third-order valence-corrected chi connectivity index (χ3v) is 3.83. The van der Waals surface area contributed by atoms with E-state index in [1.807, 2.05) is 13.8 Å². The standard InChI is InChI=1S/C14H20BrNO2/c1-8-5-10-11(16-13(17)9(2)15)6-14(3,4)7-12(10)18-8/h5,9,11H,6-7H2,1-4H3,(H,16,17). The van der Waals surface area contributed by atoms with Crippen molar-refractivity contribution in [1.29, 1.82) is 0 Å². The molecule has 0 bridgehead atoms. The maximum Gasteiger partial charge on any atom is 0.233 e. The molecule has 1 N–H and O–H groups in total. The topological polar surface area (TPSA) is 42.2 Å². The van der Waals surface area contributed by atoms with E-state index < -0.39 is 0 Å². The van der Waals surface area contributed by atoms with Crippen LogP contribution in [-0.2, 0) is 11.2 Å². The van der Waals surface area contributed by atoms with Gasteiger partial charge in [0.25, 0.3) is 0 Å². The summed E-state index contributed by atoms with van der Waals surface area (Å²) in [6.07, 6.45) is 1.89. The van der Waals surface area contributed by atoms with E-state index in [1.165, 1.54) is 0 Å². The zero-order chi connectivity index (χ0) is 13.5. The molecule has 4 heteroatoms. The molecular formula is C14H20BrNO2. The number of nitrogens with one attached hydrogen (secondary N) is 1. The highest BCUT2D eigenvalue weighted by molar-refractivity contribution is 9.10.